The normalized spacial score (nSPS) is 22.6. The highest BCUT2D eigenvalue weighted by molar-refractivity contribution is 7.92. The molecule has 0 unspecified atom stereocenters. The number of nitrogens with zero attached hydrogens (tertiary/aromatic N) is 3. The van der Waals surface area contributed by atoms with Gasteiger partial charge in [-0.25, -0.2) is 17.9 Å². The van der Waals surface area contributed by atoms with Crippen molar-refractivity contribution in [2.24, 2.45) is 0 Å². The lowest BCUT2D eigenvalue weighted by Gasteiger charge is -2.29. The minimum atomic E-state index is -3.73. The van der Waals surface area contributed by atoms with Crippen molar-refractivity contribution in [3.8, 4) is 0 Å². The molecular weight excluding hydrogens is 438 g/mol. The maximum atomic E-state index is 13.4. The van der Waals surface area contributed by atoms with E-state index in [4.69, 9.17) is 21.4 Å². The number of benzene rings is 1. The number of carbonyl (C=O) groups is 1. The second-order valence-corrected chi connectivity index (χ2v) is 11.0. The van der Waals surface area contributed by atoms with E-state index in [9.17, 15) is 13.2 Å². The van der Waals surface area contributed by atoms with Gasteiger partial charge in [-0.1, -0.05) is 43.0 Å². The molecule has 2 aromatic rings. The van der Waals surface area contributed by atoms with Crippen LogP contribution in [-0.2, 0) is 19.4 Å². The molecule has 9 heteroatoms. The molecule has 0 radical (unpaired) electrons. The molecule has 7 nitrogen and oxygen atoms in total. The highest BCUT2D eigenvalue weighted by Crippen LogP contribution is 2.38. The Morgan fingerprint density at radius 2 is 1.90 bits per heavy atom. The molecule has 31 heavy (non-hydrogen) atoms. The first-order valence-electron chi connectivity index (χ1n) is 10.7. The molecule has 2 heterocycles. The van der Waals surface area contributed by atoms with Gasteiger partial charge in [0.05, 0.1) is 34.0 Å². The smallest absolute Gasteiger partial charge is 0.328 e. The average molecular weight is 466 g/mol. The maximum Gasteiger partial charge on any atom is 0.328 e. The lowest BCUT2D eigenvalue weighted by Crippen LogP contribution is -2.39. The number of rotatable bonds is 5. The molecule has 1 aliphatic carbocycles. The maximum absolute atomic E-state index is 13.4. The van der Waals surface area contributed by atoms with Crippen molar-refractivity contribution in [1.82, 2.24) is 9.78 Å². The molecule has 1 aromatic heterocycles. The third-order valence-electron chi connectivity index (χ3n) is 6.37. The van der Waals surface area contributed by atoms with Crippen LogP contribution in [-0.4, -0.2) is 49.1 Å². The second-order valence-electron chi connectivity index (χ2n) is 8.40. The van der Waals surface area contributed by atoms with Gasteiger partial charge in [-0.3, -0.25) is 0 Å². The Labute approximate surface area is 188 Å². The van der Waals surface area contributed by atoms with Gasteiger partial charge in [0.25, 0.3) is 0 Å². The molecule has 0 bridgehead atoms. The highest BCUT2D eigenvalue weighted by atomic mass is 35.5. The summed E-state index contributed by atoms with van der Waals surface area (Å²) in [4.78, 5) is 14.6. The number of aryl methyl sites for hydroxylation is 1. The number of aromatic nitrogens is 2. The standard InChI is InChI=1S/C22H28ClN3O4S/c1-15-12-21(26(24-15)16-8-4-3-5-9-16)25-14-17(13-19(25)22(27)30-2)31(28,29)20-11-7-6-10-18(20)23/h6-7,10-12,16-17,19H,3-5,8-9,13-14H2,1-2H3/t17-,19+/m1/s1. The van der Waals surface area contributed by atoms with Crippen LogP contribution in [0.5, 0.6) is 0 Å². The topological polar surface area (TPSA) is 81.5 Å². The fourth-order valence-corrected chi connectivity index (χ4v) is 7.02. The number of ether oxygens (including phenoxy) is 1. The van der Waals surface area contributed by atoms with Crippen molar-refractivity contribution in [3.63, 3.8) is 0 Å². The van der Waals surface area contributed by atoms with Crippen LogP contribution >= 0.6 is 11.6 Å². The minimum absolute atomic E-state index is 0.101. The molecule has 2 atom stereocenters. The molecule has 1 saturated heterocycles. The Morgan fingerprint density at radius 1 is 1.19 bits per heavy atom. The van der Waals surface area contributed by atoms with E-state index in [2.05, 4.69) is 0 Å². The molecule has 2 fully saturated rings. The van der Waals surface area contributed by atoms with Gasteiger partial charge in [0.2, 0.25) is 0 Å². The highest BCUT2D eigenvalue weighted by Gasteiger charge is 2.45. The van der Waals surface area contributed by atoms with Crippen LogP contribution in [0.2, 0.25) is 5.02 Å². The number of anilines is 1. The summed E-state index contributed by atoms with van der Waals surface area (Å²) in [6.45, 7) is 2.11. The lowest BCUT2D eigenvalue weighted by molar-refractivity contribution is -0.141. The Bertz CT molecular complexity index is 1060. The number of esters is 1. The summed E-state index contributed by atoms with van der Waals surface area (Å²) in [6, 6.07) is 7.95. The lowest BCUT2D eigenvalue weighted by atomic mass is 9.96. The molecule has 4 rings (SSSR count). The number of hydrogen-bond acceptors (Lipinski definition) is 6. The third-order valence-corrected chi connectivity index (χ3v) is 9.00. The molecule has 0 N–H and O–H groups in total. The second kappa shape index (κ2) is 8.82. The molecule has 1 aromatic carbocycles. The number of methoxy groups -OCH3 is 1. The fourth-order valence-electron chi connectivity index (χ4n) is 4.80. The van der Waals surface area contributed by atoms with Gasteiger partial charge < -0.3 is 9.64 Å². The Balaban J connectivity index is 1.71. The average Bonchev–Trinajstić information content (AvgIpc) is 3.38. The molecule has 1 saturated carbocycles. The summed E-state index contributed by atoms with van der Waals surface area (Å²) < 4.78 is 33.8. The third kappa shape index (κ3) is 4.20. The van der Waals surface area contributed by atoms with Crippen molar-refractivity contribution in [2.75, 3.05) is 18.6 Å². The van der Waals surface area contributed by atoms with E-state index in [1.165, 1.54) is 19.6 Å². The SMILES string of the molecule is COC(=O)[C@@H]1C[C@@H](S(=O)(=O)c2ccccc2Cl)CN1c1cc(C)nn1C1CCCCC1. The Morgan fingerprint density at radius 3 is 2.58 bits per heavy atom. The molecule has 1 aliphatic heterocycles. The van der Waals surface area contributed by atoms with Gasteiger partial charge in [0.1, 0.15) is 11.9 Å². The Kier molecular flexibility index (Phi) is 6.30. The van der Waals surface area contributed by atoms with Crippen molar-refractivity contribution in [2.45, 2.75) is 67.7 Å². The zero-order valence-electron chi connectivity index (χ0n) is 17.8. The first kappa shape index (κ1) is 22.1. The predicted molar refractivity (Wildman–Crippen MR) is 119 cm³/mol. The van der Waals surface area contributed by atoms with Gasteiger partial charge in [-0.2, -0.15) is 5.10 Å². The van der Waals surface area contributed by atoms with Crippen molar-refractivity contribution in [1.29, 1.82) is 0 Å². The first-order chi connectivity index (χ1) is 14.8. The van der Waals surface area contributed by atoms with Crippen LogP contribution in [0.15, 0.2) is 35.2 Å². The van der Waals surface area contributed by atoms with Crippen molar-refractivity contribution in [3.05, 3.63) is 41.0 Å². The van der Waals surface area contributed by atoms with Gasteiger partial charge in [-0.15, -0.1) is 0 Å². The van der Waals surface area contributed by atoms with Crippen LogP contribution in [0.1, 0.15) is 50.3 Å². The van der Waals surface area contributed by atoms with E-state index in [0.29, 0.717) is 0 Å². The van der Waals surface area contributed by atoms with Crippen LogP contribution in [0.4, 0.5) is 5.82 Å². The fraction of sp³-hybridized carbons (Fsp3) is 0.545. The van der Waals surface area contributed by atoms with Crippen LogP contribution in [0, 0.1) is 6.92 Å². The number of carbonyl (C=O) groups excluding carboxylic acids is 1. The van der Waals surface area contributed by atoms with Crippen LogP contribution in [0.3, 0.4) is 0 Å². The van der Waals surface area contributed by atoms with E-state index in [0.717, 1.165) is 37.2 Å². The minimum Gasteiger partial charge on any atom is -0.467 e. The zero-order chi connectivity index (χ0) is 22.2. The van der Waals surface area contributed by atoms with Crippen molar-refractivity contribution < 1.29 is 17.9 Å². The van der Waals surface area contributed by atoms with Gasteiger partial charge in [0.15, 0.2) is 9.84 Å². The molecule has 0 spiro atoms. The van der Waals surface area contributed by atoms with E-state index >= 15 is 0 Å². The van der Waals surface area contributed by atoms with E-state index in [-0.39, 0.29) is 28.9 Å². The first-order valence-corrected chi connectivity index (χ1v) is 12.6. The zero-order valence-corrected chi connectivity index (χ0v) is 19.4. The van der Waals surface area contributed by atoms with Gasteiger partial charge >= 0.3 is 5.97 Å². The Hall–Kier alpha value is -2.06. The number of halogens is 1. The van der Waals surface area contributed by atoms with Gasteiger partial charge in [0, 0.05) is 12.6 Å². The number of sulfone groups is 1. The predicted octanol–water partition coefficient (Wildman–Crippen LogP) is 3.94. The van der Waals surface area contributed by atoms with Crippen LogP contribution < -0.4 is 4.90 Å². The summed E-state index contributed by atoms with van der Waals surface area (Å²) in [5.41, 5.74) is 0.849. The van der Waals surface area contributed by atoms with Gasteiger partial charge in [-0.05, 0) is 38.3 Å². The summed E-state index contributed by atoms with van der Waals surface area (Å²) in [6.07, 6.45) is 5.73. The van der Waals surface area contributed by atoms with E-state index < -0.39 is 27.1 Å². The monoisotopic (exact) mass is 465 g/mol. The summed E-state index contributed by atoms with van der Waals surface area (Å²) >= 11 is 6.20. The van der Waals surface area contributed by atoms with Crippen LogP contribution in [0.25, 0.3) is 0 Å². The molecule has 2 aliphatic rings. The number of hydrogen-bond donors (Lipinski definition) is 0. The largest absolute Gasteiger partial charge is 0.467 e. The van der Waals surface area contributed by atoms with E-state index in [1.54, 1.807) is 18.2 Å². The molecule has 168 valence electrons. The van der Waals surface area contributed by atoms with Crippen molar-refractivity contribution >= 4 is 33.2 Å². The summed E-state index contributed by atoms with van der Waals surface area (Å²) in [5.74, 6) is 0.350. The quantitative estimate of drug-likeness (QED) is 0.622. The molecular formula is C22H28ClN3O4S. The summed E-state index contributed by atoms with van der Waals surface area (Å²) in [7, 11) is -2.39. The molecule has 0 amide bonds. The summed E-state index contributed by atoms with van der Waals surface area (Å²) in [5, 5.41) is 4.13. The van der Waals surface area contributed by atoms with E-state index in [1.807, 2.05) is 22.6 Å².